The van der Waals surface area contributed by atoms with E-state index < -0.39 is 0 Å². The Morgan fingerprint density at radius 2 is 1.70 bits per heavy atom. The number of aromatic hydroxyl groups is 1. The zero-order valence-electron chi connectivity index (χ0n) is 6.18. The van der Waals surface area contributed by atoms with Crippen LogP contribution in [0.25, 0.3) is 0 Å². The van der Waals surface area contributed by atoms with Crippen molar-refractivity contribution in [3.63, 3.8) is 0 Å². The van der Waals surface area contributed by atoms with E-state index in [1.165, 1.54) is 5.56 Å². The van der Waals surface area contributed by atoms with E-state index in [4.69, 9.17) is 5.11 Å². The second kappa shape index (κ2) is 4.29. The van der Waals surface area contributed by atoms with E-state index >= 15 is 0 Å². The molecule has 0 aliphatic carbocycles. The van der Waals surface area contributed by atoms with Crippen molar-refractivity contribution < 1.29 is 45.9 Å². The van der Waals surface area contributed by atoms with Crippen LogP contribution >= 0.6 is 0 Å². The molecule has 1 aromatic carbocycles. The van der Waals surface area contributed by atoms with Crippen LogP contribution in [0.2, 0.25) is 0 Å². The molecule has 0 amide bonds. The third-order valence-corrected chi connectivity index (χ3v) is 1.49. The van der Waals surface area contributed by atoms with Crippen LogP contribution in [-0.4, -0.2) is 5.11 Å². The van der Waals surface area contributed by atoms with E-state index in [9.17, 15) is 0 Å². The van der Waals surface area contributed by atoms with Gasteiger partial charge in [-0.25, -0.2) is 0 Å². The molecular formula is C8H10NdO. The van der Waals surface area contributed by atoms with Gasteiger partial charge in [0.05, 0.1) is 0 Å². The van der Waals surface area contributed by atoms with Gasteiger partial charge in [0.1, 0.15) is 5.75 Å². The van der Waals surface area contributed by atoms with Crippen molar-refractivity contribution in [2.75, 3.05) is 0 Å². The predicted octanol–water partition coefficient (Wildman–Crippen LogP) is 2.01. The van der Waals surface area contributed by atoms with Gasteiger partial charge in [-0.3, -0.25) is 0 Å². The molecule has 0 atom stereocenters. The summed E-state index contributed by atoms with van der Waals surface area (Å²) in [7, 11) is 0. The van der Waals surface area contributed by atoms with Crippen LogP contribution in [0.5, 0.6) is 5.75 Å². The first-order valence-corrected chi connectivity index (χ1v) is 2.96. The third-order valence-electron chi connectivity index (χ3n) is 1.49. The largest absolute Gasteiger partial charge is 0.508 e. The van der Waals surface area contributed by atoms with Crippen molar-refractivity contribution in [1.29, 1.82) is 0 Å². The Kier molecular flexibility index (Phi) is 4.45. The quantitative estimate of drug-likeness (QED) is 0.761. The maximum absolute atomic E-state index is 8.94. The Bertz CT molecular complexity index is 220. The standard InChI is InChI=1S/C8H10O.Nd/c1-6-3-4-8(9)5-7(6)2;/h3-5,9H,1-2H3;. The molecule has 0 bridgehead atoms. The van der Waals surface area contributed by atoms with E-state index in [0.717, 1.165) is 5.56 Å². The van der Waals surface area contributed by atoms with Gasteiger partial charge in [0, 0.05) is 40.8 Å². The Hall–Kier alpha value is 0.371. The van der Waals surface area contributed by atoms with Crippen molar-refractivity contribution in [2.45, 2.75) is 13.8 Å². The SMILES string of the molecule is Cc1ccc(O)cc1C.[Nd]. The first-order chi connectivity index (χ1) is 4.20. The molecule has 1 rings (SSSR count). The molecule has 0 radical (unpaired) electrons. The molecule has 0 fully saturated rings. The molecule has 0 aromatic heterocycles. The number of benzene rings is 1. The second-order valence-electron chi connectivity index (χ2n) is 2.27. The van der Waals surface area contributed by atoms with Crippen LogP contribution in [0.1, 0.15) is 11.1 Å². The zero-order valence-corrected chi connectivity index (χ0v) is 9.39. The van der Waals surface area contributed by atoms with Gasteiger partial charge in [0.25, 0.3) is 0 Å². The first-order valence-electron chi connectivity index (χ1n) is 2.96. The fourth-order valence-corrected chi connectivity index (χ4v) is 0.726. The molecule has 10 heavy (non-hydrogen) atoms. The smallest absolute Gasteiger partial charge is 0.115 e. The van der Waals surface area contributed by atoms with Gasteiger partial charge in [-0.15, -0.1) is 0 Å². The molecular weight excluding hydrogens is 256 g/mol. The molecule has 0 spiro atoms. The average Bonchev–Trinajstić information content (AvgIpc) is 1.80. The summed E-state index contributed by atoms with van der Waals surface area (Å²) in [6.45, 7) is 4.00. The van der Waals surface area contributed by atoms with Crippen molar-refractivity contribution in [3.05, 3.63) is 29.3 Å². The van der Waals surface area contributed by atoms with E-state index in [1.54, 1.807) is 12.1 Å². The van der Waals surface area contributed by atoms with Gasteiger partial charge in [-0.1, -0.05) is 6.07 Å². The van der Waals surface area contributed by atoms with E-state index in [2.05, 4.69) is 0 Å². The van der Waals surface area contributed by atoms with Crippen molar-refractivity contribution in [3.8, 4) is 5.75 Å². The summed E-state index contributed by atoms with van der Waals surface area (Å²) in [4.78, 5) is 0. The number of rotatable bonds is 0. The molecule has 1 N–H and O–H groups in total. The minimum atomic E-state index is 0. The predicted molar refractivity (Wildman–Crippen MR) is 37.6 cm³/mol. The summed E-state index contributed by atoms with van der Waals surface area (Å²) in [5, 5.41) is 8.94. The first kappa shape index (κ1) is 10.4. The Morgan fingerprint density at radius 1 is 1.10 bits per heavy atom. The van der Waals surface area contributed by atoms with Crippen molar-refractivity contribution in [1.82, 2.24) is 0 Å². The summed E-state index contributed by atoms with van der Waals surface area (Å²) in [5.41, 5.74) is 2.35. The molecule has 0 aliphatic rings. The Balaban J connectivity index is 0.000000810. The number of aryl methyl sites for hydroxylation is 2. The molecule has 0 saturated carbocycles. The minimum absolute atomic E-state index is 0. The van der Waals surface area contributed by atoms with Crippen molar-refractivity contribution in [2.24, 2.45) is 0 Å². The molecule has 52 valence electrons. The van der Waals surface area contributed by atoms with Crippen LogP contribution < -0.4 is 0 Å². The summed E-state index contributed by atoms with van der Waals surface area (Å²) < 4.78 is 0. The van der Waals surface area contributed by atoms with E-state index in [-0.39, 0.29) is 40.8 Å². The number of phenolic OH excluding ortho intramolecular Hbond substituents is 1. The minimum Gasteiger partial charge on any atom is -0.508 e. The van der Waals surface area contributed by atoms with Crippen LogP contribution in [0, 0.1) is 54.7 Å². The summed E-state index contributed by atoms with van der Waals surface area (Å²) in [5.74, 6) is 0.345. The topological polar surface area (TPSA) is 20.2 Å². The molecule has 0 heterocycles. The normalized spacial score (nSPS) is 8.60. The summed E-state index contributed by atoms with van der Waals surface area (Å²) in [6, 6.07) is 5.36. The van der Waals surface area contributed by atoms with Crippen LogP contribution in [-0.2, 0) is 0 Å². The van der Waals surface area contributed by atoms with Crippen molar-refractivity contribution >= 4 is 0 Å². The Morgan fingerprint density at radius 3 is 2.10 bits per heavy atom. The number of hydrogen-bond donors (Lipinski definition) is 1. The van der Waals surface area contributed by atoms with Crippen LogP contribution in [0.15, 0.2) is 18.2 Å². The molecule has 2 heteroatoms. The van der Waals surface area contributed by atoms with Crippen LogP contribution in [0.4, 0.5) is 0 Å². The molecule has 1 nitrogen and oxygen atoms in total. The maximum Gasteiger partial charge on any atom is 0.115 e. The second-order valence-corrected chi connectivity index (χ2v) is 2.27. The van der Waals surface area contributed by atoms with Gasteiger partial charge >= 0.3 is 0 Å². The van der Waals surface area contributed by atoms with Crippen LogP contribution in [0.3, 0.4) is 0 Å². The Labute approximate surface area is 94.0 Å². The zero-order chi connectivity index (χ0) is 6.85. The monoisotopic (exact) mass is 264 g/mol. The van der Waals surface area contributed by atoms with Gasteiger partial charge in [0.2, 0.25) is 0 Å². The fourth-order valence-electron chi connectivity index (χ4n) is 0.726. The number of hydrogen-bond acceptors (Lipinski definition) is 1. The molecule has 0 unspecified atom stereocenters. The fraction of sp³-hybridized carbons (Fsp3) is 0.250. The molecule has 0 aliphatic heterocycles. The van der Waals surface area contributed by atoms with E-state index in [0.29, 0.717) is 5.75 Å². The third kappa shape index (κ3) is 2.54. The summed E-state index contributed by atoms with van der Waals surface area (Å²) >= 11 is 0. The average molecular weight is 266 g/mol. The van der Waals surface area contributed by atoms with Gasteiger partial charge in [0.15, 0.2) is 0 Å². The maximum atomic E-state index is 8.94. The van der Waals surface area contributed by atoms with E-state index in [1.807, 2.05) is 19.9 Å². The molecule has 0 saturated heterocycles. The summed E-state index contributed by atoms with van der Waals surface area (Å²) in [6.07, 6.45) is 0. The molecule has 1 aromatic rings. The van der Waals surface area contributed by atoms with Gasteiger partial charge in [-0.2, -0.15) is 0 Å². The number of phenols is 1. The van der Waals surface area contributed by atoms with Gasteiger partial charge in [-0.05, 0) is 37.1 Å². The van der Waals surface area contributed by atoms with Gasteiger partial charge < -0.3 is 5.11 Å².